The Kier molecular flexibility index (Phi) is 3.24. The van der Waals surface area contributed by atoms with Crippen LogP contribution in [0.1, 0.15) is 22.6 Å². The molecule has 2 aromatic heterocycles. The van der Waals surface area contributed by atoms with Crippen molar-refractivity contribution in [2.75, 3.05) is 5.32 Å². The molecule has 18 heavy (non-hydrogen) atoms. The number of nitriles is 1. The Bertz CT molecular complexity index is 608. The summed E-state index contributed by atoms with van der Waals surface area (Å²) in [5, 5.41) is 20.3. The van der Waals surface area contributed by atoms with Crippen molar-refractivity contribution in [2.24, 2.45) is 7.05 Å². The van der Waals surface area contributed by atoms with Crippen molar-refractivity contribution in [3.63, 3.8) is 0 Å². The number of aryl methyl sites for hydroxylation is 2. The van der Waals surface area contributed by atoms with Gasteiger partial charge < -0.3 is 9.88 Å². The van der Waals surface area contributed by atoms with Gasteiger partial charge >= 0.3 is 0 Å². The van der Waals surface area contributed by atoms with Crippen LogP contribution in [0.3, 0.4) is 0 Å². The van der Waals surface area contributed by atoms with Gasteiger partial charge in [0.05, 0.1) is 12.2 Å². The van der Waals surface area contributed by atoms with Gasteiger partial charge in [-0.3, -0.25) is 0 Å². The summed E-state index contributed by atoms with van der Waals surface area (Å²) in [5.41, 5.74) is 2.17. The van der Waals surface area contributed by atoms with E-state index in [-0.39, 0.29) is 0 Å². The van der Waals surface area contributed by atoms with Gasteiger partial charge in [0.15, 0.2) is 5.82 Å². The molecule has 2 heterocycles. The Morgan fingerprint density at radius 3 is 2.78 bits per heavy atom. The second-order valence-corrected chi connectivity index (χ2v) is 4.05. The second-order valence-electron chi connectivity index (χ2n) is 4.05. The first-order valence-electron chi connectivity index (χ1n) is 5.57. The summed E-state index contributed by atoms with van der Waals surface area (Å²) in [4.78, 5) is 4.20. The molecule has 0 aliphatic heterocycles. The zero-order valence-electron chi connectivity index (χ0n) is 10.6. The third-order valence-electron chi connectivity index (χ3n) is 2.90. The Morgan fingerprint density at radius 1 is 1.39 bits per heavy atom. The van der Waals surface area contributed by atoms with E-state index >= 15 is 0 Å². The molecule has 0 spiro atoms. The smallest absolute Gasteiger partial charge is 0.167 e. The number of hydrogen-bond acceptors (Lipinski definition) is 5. The molecule has 0 saturated carbocycles. The molecule has 0 aromatic carbocycles. The minimum Gasteiger partial charge on any atom is -0.360 e. The van der Waals surface area contributed by atoms with Crippen molar-refractivity contribution in [3.8, 4) is 6.07 Å². The fourth-order valence-corrected chi connectivity index (χ4v) is 1.60. The average molecular weight is 242 g/mol. The molecule has 2 aromatic rings. The van der Waals surface area contributed by atoms with Crippen molar-refractivity contribution in [3.05, 3.63) is 35.0 Å². The molecular weight excluding hydrogens is 228 g/mol. The lowest BCUT2D eigenvalue weighted by Crippen LogP contribution is -2.10. The minimum absolute atomic E-state index is 0.503. The standard InChI is InChI=1S/C12H14N6/c1-8-9(2)16-17-12(10(8)6-13)15-7-11-14-4-5-18(11)3/h4-5H,7H2,1-3H3,(H,15,17). The summed E-state index contributed by atoms with van der Waals surface area (Å²) in [6.07, 6.45) is 3.60. The average Bonchev–Trinajstić information content (AvgIpc) is 2.76. The van der Waals surface area contributed by atoms with Crippen molar-refractivity contribution >= 4 is 5.82 Å². The fraction of sp³-hybridized carbons (Fsp3) is 0.333. The molecule has 6 nitrogen and oxygen atoms in total. The highest BCUT2D eigenvalue weighted by Gasteiger charge is 2.10. The zero-order chi connectivity index (χ0) is 13.1. The molecule has 0 amide bonds. The predicted octanol–water partition coefficient (Wildman–Crippen LogP) is 1.31. The lowest BCUT2D eigenvalue weighted by molar-refractivity contribution is 0.806. The third-order valence-corrected chi connectivity index (χ3v) is 2.90. The van der Waals surface area contributed by atoms with Crippen LogP contribution in [0.5, 0.6) is 0 Å². The van der Waals surface area contributed by atoms with E-state index in [9.17, 15) is 0 Å². The maximum absolute atomic E-state index is 9.16. The van der Waals surface area contributed by atoms with E-state index < -0.39 is 0 Å². The molecule has 0 aliphatic rings. The number of imidazole rings is 1. The van der Waals surface area contributed by atoms with Crippen LogP contribution in [-0.4, -0.2) is 19.7 Å². The monoisotopic (exact) mass is 242 g/mol. The lowest BCUT2D eigenvalue weighted by atomic mass is 10.1. The molecule has 0 radical (unpaired) electrons. The highest BCUT2D eigenvalue weighted by atomic mass is 15.2. The van der Waals surface area contributed by atoms with E-state index in [1.54, 1.807) is 6.20 Å². The maximum Gasteiger partial charge on any atom is 0.167 e. The first-order chi connectivity index (χ1) is 8.63. The SMILES string of the molecule is Cc1nnc(NCc2nccn2C)c(C#N)c1C. The Balaban J connectivity index is 2.23. The van der Waals surface area contributed by atoms with Gasteiger partial charge in [-0.15, -0.1) is 5.10 Å². The number of nitrogens with one attached hydrogen (secondary N) is 1. The first-order valence-corrected chi connectivity index (χ1v) is 5.57. The van der Waals surface area contributed by atoms with Gasteiger partial charge in [-0.1, -0.05) is 0 Å². The number of rotatable bonds is 3. The number of nitrogens with zero attached hydrogens (tertiary/aromatic N) is 5. The molecular formula is C12H14N6. The van der Waals surface area contributed by atoms with E-state index in [2.05, 4.69) is 26.6 Å². The van der Waals surface area contributed by atoms with E-state index in [0.29, 0.717) is 17.9 Å². The number of aromatic nitrogens is 4. The number of hydrogen-bond donors (Lipinski definition) is 1. The maximum atomic E-state index is 9.16. The van der Waals surface area contributed by atoms with Crippen molar-refractivity contribution in [2.45, 2.75) is 20.4 Å². The third kappa shape index (κ3) is 2.15. The molecule has 0 bridgehead atoms. The van der Waals surface area contributed by atoms with Gasteiger partial charge in [-0.25, -0.2) is 4.98 Å². The van der Waals surface area contributed by atoms with E-state index in [4.69, 9.17) is 5.26 Å². The van der Waals surface area contributed by atoms with Crippen LogP contribution >= 0.6 is 0 Å². The van der Waals surface area contributed by atoms with Crippen molar-refractivity contribution in [1.82, 2.24) is 19.7 Å². The van der Waals surface area contributed by atoms with Crippen LogP contribution in [0.15, 0.2) is 12.4 Å². The number of anilines is 1. The molecule has 0 atom stereocenters. The summed E-state index contributed by atoms with van der Waals surface area (Å²) in [6.45, 7) is 4.22. The van der Waals surface area contributed by atoms with Gasteiger partial charge in [-0.2, -0.15) is 10.4 Å². The van der Waals surface area contributed by atoms with Gasteiger partial charge in [0.2, 0.25) is 0 Å². The molecule has 2 rings (SSSR count). The summed E-state index contributed by atoms with van der Waals surface area (Å²) >= 11 is 0. The molecule has 6 heteroatoms. The first kappa shape index (κ1) is 12.0. The lowest BCUT2D eigenvalue weighted by Gasteiger charge is -2.09. The van der Waals surface area contributed by atoms with Crippen LogP contribution in [0.2, 0.25) is 0 Å². The van der Waals surface area contributed by atoms with Crippen LogP contribution in [0.4, 0.5) is 5.82 Å². The summed E-state index contributed by atoms with van der Waals surface area (Å²) in [5.74, 6) is 1.38. The minimum atomic E-state index is 0.503. The molecule has 0 saturated heterocycles. The molecule has 0 unspecified atom stereocenters. The fourth-order valence-electron chi connectivity index (χ4n) is 1.60. The topological polar surface area (TPSA) is 79.4 Å². The Hall–Kier alpha value is -2.42. The van der Waals surface area contributed by atoms with Gasteiger partial charge in [-0.05, 0) is 19.4 Å². The quantitative estimate of drug-likeness (QED) is 0.877. The van der Waals surface area contributed by atoms with E-state index in [0.717, 1.165) is 17.1 Å². The molecule has 1 N–H and O–H groups in total. The predicted molar refractivity (Wildman–Crippen MR) is 66.8 cm³/mol. The summed E-state index contributed by atoms with van der Waals surface area (Å²) in [7, 11) is 1.92. The zero-order valence-corrected chi connectivity index (χ0v) is 10.6. The molecule has 92 valence electrons. The highest BCUT2D eigenvalue weighted by Crippen LogP contribution is 2.17. The van der Waals surface area contributed by atoms with E-state index in [1.165, 1.54) is 0 Å². The highest BCUT2D eigenvalue weighted by molar-refractivity contribution is 5.55. The van der Waals surface area contributed by atoms with Crippen LogP contribution < -0.4 is 5.32 Å². The summed E-state index contributed by atoms with van der Waals surface area (Å²) in [6, 6.07) is 2.16. The Morgan fingerprint density at radius 2 is 2.17 bits per heavy atom. The van der Waals surface area contributed by atoms with Gasteiger partial charge in [0.25, 0.3) is 0 Å². The second kappa shape index (κ2) is 4.84. The van der Waals surface area contributed by atoms with Crippen LogP contribution in [-0.2, 0) is 13.6 Å². The van der Waals surface area contributed by atoms with Crippen LogP contribution in [0, 0.1) is 25.2 Å². The summed E-state index contributed by atoms with van der Waals surface area (Å²) < 4.78 is 1.91. The molecule has 0 fully saturated rings. The van der Waals surface area contributed by atoms with Gasteiger partial charge in [0.1, 0.15) is 17.5 Å². The normalized spacial score (nSPS) is 10.1. The van der Waals surface area contributed by atoms with Crippen molar-refractivity contribution in [1.29, 1.82) is 5.26 Å². The largest absolute Gasteiger partial charge is 0.360 e. The molecule has 0 aliphatic carbocycles. The van der Waals surface area contributed by atoms with Crippen molar-refractivity contribution < 1.29 is 0 Å². The van der Waals surface area contributed by atoms with Gasteiger partial charge in [0, 0.05) is 19.4 Å². The van der Waals surface area contributed by atoms with Crippen LogP contribution in [0.25, 0.3) is 0 Å². The van der Waals surface area contributed by atoms with E-state index in [1.807, 2.05) is 31.7 Å². The Labute approximate surface area is 105 Å².